The molecular weight excluding hydrogens is 218 g/mol. The molecule has 0 aliphatic heterocycles. The quantitative estimate of drug-likeness (QED) is 0.771. The predicted octanol–water partition coefficient (Wildman–Crippen LogP) is 1.97. The zero-order valence-electron chi connectivity index (χ0n) is 6.50. The molecule has 2 nitrogen and oxygen atoms in total. The van der Waals surface area contributed by atoms with E-state index in [0.29, 0.717) is 11.7 Å². The molecule has 1 saturated carbocycles. The first-order valence-corrected chi connectivity index (χ1v) is 4.72. The van der Waals surface area contributed by atoms with Gasteiger partial charge in [-0.25, -0.2) is 0 Å². The van der Waals surface area contributed by atoms with Crippen molar-refractivity contribution < 1.29 is 5.11 Å². The van der Waals surface area contributed by atoms with E-state index in [2.05, 4.69) is 15.9 Å². The average Bonchev–Trinajstić information content (AvgIpc) is 2.73. The maximum absolute atomic E-state index is 9.49. The number of phenols is 1. The molecule has 2 rings (SSSR count). The SMILES string of the molecule is N[C@@H]1C[C@H]1c1cc(Br)ccc1O. The van der Waals surface area contributed by atoms with Crippen molar-refractivity contribution in [2.24, 2.45) is 5.73 Å². The minimum absolute atomic E-state index is 0.241. The van der Waals surface area contributed by atoms with E-state index < -0.39 is 0 Å². The van der Waals surface area contributed by atoms with E-state index in [1.807, 2.05) is 12.1 Å². The van der Waals surface area contributed by atoms with Crippen LogP contribution in [0.4, 0.5) is 0 Å². The smallest absolute Gasteiger partial charge is 0.119 e. The van der Waals surface area contributed by atoms with Gasteiger partial charge in [0.25, 0.3) is 0 Å². The van der Waals surface area contributed by atoms with Gasteiger partial charge in [0.2, 0.25) is 0 Å². The molecule has 3 N–H and O–H groups in total. The van der Waals surface area contributed by atoms with Gasteiger partial charge in [-0.1, -0.05) is 15.9 Å². The Kier molecular flexibility index (Phi) is 1.85. The summed E-state index contributed by atoms with van der Waals surface area (Å²) in [6.07, 6.45) is 0.990. The zero-order valence-corrected chi connectivity index (χ0v) is 8.08. The van der Waals surface area contributed by atoms with Gasteiger partial charge in [0.1, 0.15) is 5.75 Å². The number of hydrogen-bond donors (Lipinski definition) is 2. The molecule has 1 aromatic carbocycles. The molecule has 1 fully saturated rings. The lowest BCUT2D eigenvalue weighted by Crippen LogP contribution is -2.00. The molecule has 3 heteroatoms. The van der Waals surface area contributed by atoms with Gasteiger partial charge in [0.05, 0.1) is 0 Å². The summed E-state index contributed by atoms with van der Waals surface area (Å²) >= 11 is 3.36. The molecular formula is C9H10BrNO. The highest BCUT2D eigenvalue weighted by Gasteiger charge is 2.36. The number of phenolic OH excluding ortho intramolecular Hbond substituents is 1. The standard InChI is InChI=1S/C9H10BrNO/c10-5-1-2-9(12)7(3-5)6-4-8(6)11/h1-3,6,8,12H,4,11H2/t6-,8+/m0/s1. The Hall–Kier alpha value is -0.540. The summed E-state index contributed by atoms with van der Waals surface area (Å²) in [7, 11) is 0. The van der Waals surface area contributed by atoms with Gasteiger partial charge >= 0.3 is 0 Å². The maximum atomic E-state index is 9.49. The van der Waals surface area contributed by atoms with Crippen molar-refractivity contribution in [1.29, 1.82) is 0 Å². The van der Waals surface area contributed by atoms with E-state index in [4.69, 9.17) is 5.73 Å². The minimum Gasteiger partial charge on any atom is -0.508 e. The third kappa shape index (κ3) is 1.34. The summed E-state index contributed by atoms with van der Waals surface area (Å²) in [5, 5.41) is 9.49. The zero-order chi connectivity index (χ0) is 8.72. The van der Waals surface area contributed by atoms with Gasteiger partial charge in [-0.3, -0.25) is 0 Å². The first-order chi connectivity index (χ1) is 5.68. The van der Waals surface area contributed by atoms with Gasteiger partial charge in [-0.05, 0) is 30.2 Å². The van der Waals surface area contributed by atoms with Crippen molar-refractivity contribution in [3.63, 3.8) is 0 Å². The molecule has 0 saturated heterocycles. The molecule has 2 atom stereocenters. The Morgan fingerprint density at radius 1 is 1.50 bits per heavy atom. The van der Waals surface area contributed by atoms with Crippen LogP contribution in [0.15, 0.2) is 22.7 Å². The molecule has 0 heterocycles. The number of halogens is 1. The highest BCUT2D eigenvalue weighted by atomic mass is 79.9. The van der Waals surface area contributed by atoms with Crippen molar-refractivity contribution >= 4 is 15.9 Å². The van der Waals surface area contributed by atoms with Gasteiger partial charge in [-0.15, -0.1) is 0 Å². The number of rotatable bonds is 1. The summed E-state index contributed by atoms with van der Waals surface area (Å²) in [6, 6.07) is 5.70. The Bertz CT molecular complexity index is 313. The minimum atomic E-state index is 0.241. The summed E-state index contributed by atoms with van der Waals surface area (Å²) in [5.74, 6) is 0.721. The molecule has 0 unspecified atom stereocenters. The third-order valence-corrected chi connectivity index (χ3v) is 2.72. The molecule has 0 spiro atoms. The summed E-state index contributed by atoms with van der Waals surface area (Å²) in [4.78, 5) is 0. The van der Waals surface area contributed by atoms with E-state index in [1.54, 1.807) is 6.07 Å². The van der Waals surface area contributed by atoms with Crippen LogP contribution in [0, 0.1) is 0 Å². The molecule has 0 amide bonds. The van der Waals surface area contributed by atoms with E-state index in [9.17, 15) is 5.11 Å². The van der Waals surface area contributed by atoms with Crippen molar-refractivity contribution in [2.45, 2.75) is 18.4 Å². The van der Waals surface area contributed by atoms with Crippen LogP contribution in [0.1, 0.15) is 17.9 Å². The van der Waals surface area contributed by atoms with E-state index in [-0.39, 0.29) is 6.04 Å². The van der Waals surface area contributed by atoms with Crippen LogP contribution >= 0.6 is 15.9 Å². The fourth-order valence-corrected chi connectivity index (χ4v) is 1.77. The van der Waals surface area contributed by atoms with Crippen LogP contribution in [0.3, 0.4) is 0 Å². The molecule has 0 aromatic heterocycles. The number of hydrogen-bond acceptors (Lipinski definition) is 2. The van der Waals surface area contributed by atoms with E-state index in [1.165, 1.54) is 0 Å². The summed E-state index contributed by atoms with van der Waals surface area (Å²) in [5.41, 5.74) is 6.66. The van der Waals surface area contributed by atoms with E-state index in [0.717, 1.165) is 16.5 Å². The second-order valence-electron chi connectivity index (χ2n) is 3.21. The lowest BCUT2D eigenvalue weighted by molar-refractivity contribution is 0.468. The highest BCUT2D eigenvalue weighted by Crippen LogP contribution is 2.43. The largest absolute Gasteiger partial charge is 0.508 e. The average molecular weight is 228 g/mol. The lowest BCUT2D eigenvalue weighted by atomic mass is 10.1. The fourth-order valence-electron chi connectivity index (χ4n) is 1.39. The Morgan fingerprint density at radius 3 is 2.75 bits per heavy atom. The lowest BCUT2D eigenvalue weighted by Gasteiger charge is -2.02. The van der Waals surface area contributed by atoms with Crippen molar-refractivity contribution in [3.8, 4) is 5.75 Å². The molecule has 12 heavy (non-hydrogen) atoms. The molecule has 0 bridgehead atoms. The molecule has 1 aromatic rings. The number of aromatic hydroxyl groups is 1. The van der Waals surface area contributed by atoms with Gasteiger partial charge in [0, 0.05) is 16.4 Å². The molecule has 1 aliphatic rings. The third-order valence-electron chi connectivity index (χ3n) is 2.23. The molecule has 64 valence electrons. The second kappa shape index (κ2) is 2.75. The maximum Gasteiger partial charge on any atom is 0.119 e. The topological polar surface area (TPSA) is 46.2 Å². The van der Waals surface area contributed by atoms with Crippen LogP contribution in [0.5, 0.6) is 5.75 Å². The number of nitrogens with two attached hydrogens (primary N) is 1. The summed E-state index contributed by atoms with van der Waals surface area (Å²) in [6.45, 7) is 0. The van der Waals surface area contributed by atoms with Crippen LogP contribution in [0.25, 0.3) is 0 Å². The van der Waals surface area contributed by atoms with Crippen LogP contribution in [0.2, 0.25) is 0 Å². The Morgan fingerprint density at radius 2 is 2.17 bits per heavy atom. The normalized spacial score (nSPS) is 27.2. The first-order valence-electron chi connectivity index (χ1n) is 3.92. The molecule has 1 aliphatic carbocycles. The van der Waals surface area contributed by atoms with Crippen LogP contribution in [-0.4, -0.2) is 11.1 Å². The fraction of sp³-hybridized carbons (Fsp3) is 0.333. The predicted molar refractivity (Wildman–Crippen MR) is 51.1 cm³/mol. The highest BCUT2D eigenvalue weighted by molar-refractivity contribution is 9.10. The summed E-state index contributed by atoms with van der Waals surface area (Å²) < 4.78 is 0.995. The van der Waals surface area contributed by atoms with Gasteiger partial charge in [0.15, 0.2) is 0 Å². The van der Waals surface area contributed by atoms with Crippen molar-refractivity contribution in [3.05, 3.63) is 28.2 Å². The van der Waals surface area contributed by atoms with Gasteiger partial charge in [-0.2, -0.15) is 0 Å². The van der Waals surface area contributed by atoms with Crippen molar-refractivity contribution in [2.75, 3.05) is 0 Å². The second-order valence-corrected chi connectivity index (χ2v) is 4.12. The van der Waals surface area contributed by atoms with Crippen LogP contribution < -0.4 is 5.73 Å². The first kappa shape index (κ1) is 8.08. The van der Waals surface area contributed by atoms with Crippen molar-refractivity contribution in [1.82, 2.24) is 0 Å². The molecule has 0 radical (unpaired) electrons. The van der Waals surface area contributed by atoms with Crippen LogP contribution in [-0.2, 0) is 0 Å². The Labute approximate surface area is 79.5 Å². The monoisotopic (exact) mass is 227 g/mol. The number of benzene rings is 1. The Balaban J connectivity index is 2.36. The van der Waals surface area contributed by atoms with Gasteiger partial charge < -0.3 is 10.8 Å². The van der Waals surface area contributed by atoms with E-state index >= 15 is 0 Å².